The van der Waals surface area contributed by atoms with Crippen LogP contribution in [0.1, 0.15) is 11.1 Å². The summed E-state index contributed by atoms with van der Waals surface area (Å²) < 4.78 is 0. The average molecular weight is 282 g/mol. The number of amides is 1. The van der Waals surface area contributed by atoms with E-state index in [-0.39, 0.29) is 5.91 Å². The standard InChI is InChI=1S/C16H14N2OS/c1-12-6-2-5-9-15(12)20-11-16(19)18-14-8-4-3-7-13(14)10-17/h2-9H,11H2,1H3,(H,18,19). The van der Waals surface area contributed by atoms with Crippen LogP contribution in [0.3, 0.4) is 0 Å². The van der Waals surface area contributed by atoms with Gasteiger partial charge in [0, 0.05) is 4.90 Å². The molecule has 0 aliphatic heterocycles. The monoisotopic (exact) mass is 282 g/mol. The molecule has 4 heteroatoms. The summed E-state index contributed by atoms with van der Waals surface area (Å²) in [4.78, 5) is 13.0. The number of carbonyl (C=O) groups is 1. The number of carbonyl (C=O) groups excluding carboxylic acids is 1. The van der Waals surface area contributed by atoms with Gasteiger partial charge in [-0.3, -0.25) is 4.79 Å². The minimum atomic E-state index is -0.110. The smallest absolute Gasteiger partial charge is 0.234 e. The Hall–Kier alpha value is -2.25. The van der Waals surface area contributed by atoms with Gasteiger partial charge in [0.05, 0.1) is 17.0 Å². The lowest BCUT2D eigenvalue weighted by atomic mass is 10.2. The fourth-order valence-corrected chi connectivity index (χ4v) is 2.57. The largest absolute Gasteiger partial charge is 0.324 e. The van der Waals surface area contributed by atoms with Gasteiger partial charge in [-0.1, -0.05) is 30.3 Å². The molecule has 0 aliphatic carbocycles. The van der Waals surface area contributed by atoms with E-state index in [0.717, 1.165) is 10.5 Å². The first-order chi connectivity index (χ1) is 9.70. The first-order valence-corrected chi connectivity index (χ1v) is 7.16. The van der Waals surface area contributed by atoms with Gasteiger partial charge >= 0.3 is 0 Å². The lowest BCUT2D eigenvalue weighted by molar-refractivity contribution is -0.113. The number of thioether (sulfide) groups is 1. The summed E-state index contributed by atoms with van der Waals surface area (Å²) >= 11 is 1.49. The first kappa shape index (κ1) is 14.2. The second-order valence-electron chi connectivity index (χ2n) is 4.26. The van der Waals surface area contributed by atoms with Gasteiger partial charge in [0.25, 0.3) is 0 Å². The number of benzene rings is 2. The van der Waals surface area contributed by atoms with Crippen molar-refractivity contribution in [3.63, 3.8) is 0 Å². The molecule has 0 unspecified atom stereocenters. The molecule has 0 heterocycles. The third kappa shape index (κ3) is 3.62. The van der Waals surface area contributed by atoms with E-state index >= 15 is 0 Å². The molecule has 20 heavy (non-hydrogen) atoms. The molecule has 2 rings (SSSR count). The van der Waals surface area contributed by atoms with Crippen LogP contribution >= 0.6 is 11.8 Å². The van der Waals surface area contributed by atoms with Crippen LogP contribution in [0.15, 0.2) is 53.4 Å². The Bertz CT molecular complexity index is 662. The molecule has 0 saturated carbocycles. The zero-order chi connectivity index (χ0) is 14.4. The van der Waals surface area contributed by atoms with Crippen molar-refractivity contribution in [2.24, 2.45) is 0 Å². The van der Waals surface area contributed by atoms with Crippen LogP contribution in [0, 0.1) is 18.3 Å². The normalized spacial score (nSPS) is 9.80. The van der Waals surface area contributed by atoms with E-state index in [1.807, 2.05) is 31.2 Å². The van der Waals surface area contributed by atoms with Crippen molar-refractivity contribution in [2.45, 2.75) is 11.8 Å². The topological polar surface area (TPSA) is 52.9 Å². The van der Waals surface area contributed by atoms with E-state index in [2.05, 4.69) is 11.4 Å². The van der Waals surface area contributed by atoms with Crippen LogP contribution in [0.5, 0.6) is 0 Å². The first-order valence-electron chi connectivity index (χ1n) is 6.18. The van der Waals surface area contributed by atoms with Crippen molar-refractivity contribution in [3.8, 4) is 6.07 Å². The van der Waals surface area contributed by atoms with Gasteiger partial charge in [0.2, 0.25) is 5.91 Å². The van der Waals surface area contributed by atoms with Gasteiger partial charge in [-0.15, -0.1) is 11.8 Å². The Kier molecular flexibility index (Phi) is 4.80. The van der Waals surface area contributed by atoms with Crippen LogP contribution in [0.25, 0.3) is 0 Å². The van der Waals surface area contributed by atoms with Crippen molar-refractivity contribution < 1.29 is 4.79 Å². The van der Waals surface area contributed by atoms with Crippen LogP contribution in [-0.4, -0.2) is 11.7 Å². The zero-order valence-electron chi connectivity index (χ0n) is 11.1. The lowest BCUT2D eigenvalue weighted by Gasteiger charge is -2.07. The number of nitriles is 1. The Morgan fingerprint density at radius 3 is 2.65 bits per heavy atom. The molecule has 0 bridgehead atoms. The molecular weight excluding hydrogens is 268 g/mol. The van der Waals surface area contributed by atoms with Crippen LogP contribution in [0.4, 0.5) is 5.69 Å². The third-order valence-electron chi connectivity index (χ3n) is 2.77. The summed E-state index contributed by atoms with van der Waals surface area (Å²) in [5, 5.41) is 11.7. The Labute approximate surface area is 122 Å². The molecule has 2 aromatic rings. The number of aryl methyl sites for hydroxylation is 1. The fourth-order valence-electron chi connectivity index (χ4n) is 1.74. The third-order valence-corrected chi connectivity index (χ3v) is 3.95. The van der Waals surface area contributed by atoms with Crippen molar-refractivity contribution in [1.29, 1.82) is 5.26 Å². The summed E-state index contributed by atoms with van der Waals surface area (Å²) in [6, 6.07) is 17.0. The van der Waals surface area contributed by atoms with Crippen LogP contribution in [0.2, 0.25) is 0 Å². The van der Waals surface area contributed by atoms with E-state index in [1.54, 1.807) is 24.3 Å². The average Bonchev–Trinajstić information content (AvgIpc) is 2.47. The van der Waals surface area contributed by atoms with Gasteiger partial charge < -0.3 is 5.32 Å². The van der Waals surface area contributed by atoms with E-state index in [0.29, 0.717) is 17.0 Å². The van der Waals surface area contributed by atoms with Crippen LogP contribution < -0.4 is 5.32 Å². The molecule has 100 valence electrons. The van der Waals surface area contributed by atoms with Gasteiger partial charge in [-0.05, 0) is 30.7 Å². The molecule has 0 aliphatic rings. The molecule has 0 radical (unpaired) electrons. The van der Waals surface area contributed by atoms with Crippen LogP contribution in [-0.2, 0) is 4.79 Å². The van der Waals surface area contributed by atoms with Gasteiger partial charge in [-0.25, -0.2) is 0 Å². The summed E-state index contributed by atoms with van der Waals surface area (Å²) in [7, 11) is 0. The molecule has 0 atom stereocenters. The summed E-state index contributed by atoms with van der Waals surface area (Å²) in [6.07, 6.45) is 0. The second kappa shape index (κ2) is 6.78. The second-order valence-corrected chi connectivity index (χ2v) is 5.28. The lowest BCUT2D eigenvalue weighted by Crippen LogP contribution is -2.14. The Morgan fingerprint density at radius 1 is 1.20 bits per heavy atom. The quantitative estimate of drug-likeness (QED) is 0.872. The minimum absolute atomic E-state index is 0.110. The van der Waals surface area contributed by atoms with Crippen molar-refractivity contribution in [1.82, 2.24) is 0 Å². The highest BCUT2D eigenvalue weighted by atomic mass is 32.2. The highest BCUT2D eigenvalue weighted by Gasteiger charge is 2.07. The maximum atomic E-state index is 11.9. The highest BCUT2D eigenvalue weighted by Crippen LogP contribution is 2.22. The molecule has 3 nitrogen and oxygen atoms in total. The van der Waals surface area contributed by atoms with E-state index in [1.165, 1.54) is 11.8 Å². The number of para-hydroxylation sites is 1. The summed E-state index contributed by atoms with van der Waals surface area (Å²) in [6.45, 7) is 2.02. The Balaban J connectivity index is 1.97. The maximum absolute atomic E-state index is 11.9. The van der Waals surface area contributed by atoms with E-state index in [9.17, 15) is 4.79 Å². The summed E-state index contributed by atoms with van der Waals surface area (Å²) in [5.41, 5.74) is 2.19. The predicted octanol–water partition coefficient (Wildman–Crippen LogP) is 3.60. The van der Waals surface area contributed by atoms with E-state index < -0.39 is 0 Å². The molecule has 1 N–H and O–H groups in total. The zero-order valence-corrected chi connectivity index (χ0v) is 11.9. The molecule has 0 fully saturated rings. The highest BCUT2D eigenvalue weighted by molar-refractivity contribution is 8.00. The number of nitrogens with one attached hydrogen (secondary N) is 1. The molecule has 2 aromatic carbocycles. The number of nitrogens with zero attached hydrogens (tertiary/aromatic N) is 1. The SMILES string of the molecule is Cc1ccccc1SCC(=O)Nc1ccccc1C#N. The van der Waals surface area contributed by atoms with Crippen molar-refractivity contribution in [3.05, 3.63) is 59.7 Å². The molecule has 0 aromatic heterocycles. The van der Waals surface area contributed by atoms with Crippen molar-refractivity contribution in [2.75, 3.05) is 11.1 Å². The van der Waals surface area contributed by atoms with E-state index in [4.69, 9.17) is 5.26 Å². The van der Waals surface area contributed by atoms with Gasteiger partial charge in [-0.2, -0.15) is 5.26 Å². The molecule has 0 saturated heterocycles. The Morgan fingerprint density at radius 2 is 1.90 bits per heavy atom. The fraction of sp³-hybridized carbons (Fsp3) is 0.125. The molecule has 1 amide bonds. The van der Waals surface area contributed by atoms with Gasteiger partial charge in [0.1, 0.15) is 6.07 Å². The van der Waals surface area contributed by atoms with Crippen molar-refractivity contribution >= 4 is 23.4 Å². The molecular formula is C16H14N2OS. The van der Waals surface area contributed by atoms with Gasteiger partial charge in [0.15, 0.2) is 0 Å². The predicted molar refractivity (Wildman–Crippen MR) is 81.7 cm³/mol. The molecule has 0 spiro atoms. The summed E-state index contributed by atoms with van der Waals surface area (Å²) in [5.74, 6) is 0.214. The minimum Gasteiger partial charge on any atom is -0.324 e. The number of hydrogen-bond donors (Lipinski definition) is 1. The number of anilines is 1. The number of rotatable bonds is 4. The maximum Gasteiger partial charge on any atom is 0.234 e. The number of hydrogen-bond acceptors (Lipinski definition) is 3.